The Bertz CT molecular complexity index is 555. The van der Waals surface area contributed by atoms with Crippen LogP contribution in [0.25, 0.3) is 0 Å². The Balaban J connectivity index is 2.14. The van der Waals surface area contributed by atoms with E-state index in [-0.39, 0.29) is 12.3 Å². The van der Waals surface area contributed by atoms with Crippen LogP contribution in [0.1, 0.15) is 15.9 Å². The van der Waals surface area contributed by atoms with Gasteiger partial charge < -0.3 is 0 Å². The van der Waals surface area contributed by atoms with E-state index in [2.05, 4.69) is 20.5 Å². The van der Waals surface area contributed by atoms with E-state index < -0.39 is 0 Å². The molecule has 1 aromatic carbocycles. The second-order valence-electron chi connectivity index (χ2n) is 3.32. The zero-order valence-electron chi connectivity index (χ0n) is 8.84. The summed E-state index contributed by atoms with van der Waals surface area (Å²) < 4.78 is 0. The van der Waals surface area contributed by atoms with Gasteiger partial charge in [0.15, 0.2) is 0 Å². The maximum Gasteiger partial charge on any atom is 0.258 e. The molecule has 0 spiro atoms. The largest absolute Gasteiger partial charge is 0.291 e. The lowest BCUT2D eigenvalue weighted by Crippen LogP contribution is -2.13. The van der Waals surface area contributed by atoms with Crippen molar-refractivity contribution in [3.05, 3.63) is 41.7 Å². The van der Waals surface area contributed by atoms with Crippen molar-refractivity contribution in [3.63, 3.8) is 0 Å². The maximum absolute atomic E-state index is 11.8. The van der Waals surface area contributed by atoms with Gasteiger partial charge in [-0.05, 0) is 17.7 Å². The van der Waals surface area contributed by atoms with E-state index in [0.717, 1.165) is 5.56 Å². The molecular formula is C11H9N5O. The average molecular weight is 227 g/mol. The predicted octanol–water partition coefficient (Wildman–Crippen LogP) is 1.12. The van der Waals surface area contributed by atoms with Crippen molar-refractivity contribution in [2.75, 3.05) is 5.32 Å². The van der Waals surface area contributed by atoms with Gasteiger partial charge in [-0.1, -0.05) is 12.1 Å². The topological polar surface area (TPSA) is 94.5 Å². The summed E-state index contributed by atoms with van der Waals surface area (Å²) in [5, 5.41) is 17.3. The molecule has 84 valence electrons. The van der Waals surface area contributed by atoms with Crippen molar-refractivity contribution in [1.29, 1.82) is 5.26 Å². The van der Waals surface area contributed by atoms with Gasteiger partial charge in [-0.25, -0.2) is 5.10 Å². The standard InChI is InChI=1S/C11H9N5O/c12-5-4-8-2-1-3-9(6-8)10(17)15-11-13-7-14-16-11/h1-3,6-7H,4H2,(H2,13,14,15,16,17). The summed E-state index contributed by atoms with van der Waals surface area (Å²) in [6, 6.07) is 8.92. The number of nitrogens with zero attached hydrogens (tertiary/aromatic N) is 3. The summed E-state index contributed by atoms with van der Waals surface area (Å²) in [6.07, 6.45) is 1.59. The van der Waals surface area contributed by atoms with Crippen molar-refractivity contribution in [3.8, 4) is 6.07 Å². The van der Waals surface area contributed by atoms with E-state index >= 15 is 0 Å². The number of aromatic amines is 1. The third-order valence-corrected chi connectivity index (χ3v) is 2.12. The van der Waals surface area contributed by atoms with Crippen LogP contribution in [0.3, 0.4) is 0 Å². The number of H-pyrrole nitrogens is 1. The van der Waals surface area contributed by atoms with Gasteiger partial charge >= 0.3 is 0 Å². The highest BCUT2D eigenvalue weighted by atomic mass is 16.1. The van der Waals surface area contributed by atoms with Crippen LogP contribution in [0.15, 0.2) is 30.6 Å². The second-order valence-corrected chi connectivity index (χ2v) is 3.32. The maximum atomic E-state index is 11.8. The predicted molar refractivity (Wildman–Crippen MR) is 60.1 cm³/mol. The highest BCUT2D eigenvalue weighted by Crippen LogP contribution is 2.07. The number of carbonyl (C=O) groups is 1. The fraction of sp³-hybridized carbons (Fsp3) is 0.0909. The Morgan fingerprint density at radius 2 is 2.41 bits per heavy atom. The summed E-state index contributed by atoms with van der Waals surface area (Å²) in [5.74, 6) is 0.00206. The summed E-state index contributed by atoms with van der Waals surface area (Å²) in [5.41, 5.74) is 1.28. The summed E-state index contributed by atoms with van der Waals surface area (Å²) >= 11 is 0. The molecule has 0 unspecified atom stereocenters. The first-order chi connectivity index (χ1) is 8.29. The number of hydrogen-bond acceptors (Lipinski definition) is 4. The molecule has 1 amide bonds. The second kappa shape index (κ2) is 4.90. The summed E-state index contributed by atoms with van der Waals surface area (Å²) in [6.45, 7) is 0. The molecule has 0 aliphatic carbocycles. The summed E-state index contributed by atoms with van der Waals surface area (Å²) in [4.78, 5) is 15.6. The fourth-order valence-electron chi connectivity index (χ4n) is 1.36. The minimum atomic E-state index is -0.290. The van der Waals surface area contributed by atoms with Crippen molar-refractivity contribution in [1.82, 2.24) is 15.2 Å². The Kier molecular flexibility index (Phi) is 3.12. The molecule has 0 atom stereocenters. The van der Waals surface area contributed by atoms with E-state index in [1.165, 1.54) is 6.33 Å². The third kappa shape index (κ3) is 2.66. The lowest BCUT2D eigenvalue weighted by molar-refractivity contribution is 0.102. The first-order valence-corrected chi connectivity index (χ1v) is 4.92. The van der Waals surface area contributed by atoms with Gasteiger partial charge in [0.2, 0.25) is 5.95 Å². The quantitative estimate of drug-likeness (QED) is 0.821. The van der Waals surface area contributed by atoms with Crippen LogP contribution in [0.5, 0.6) is 0 Å². The van der Waals surface area contributed by atoms with Crippen molar-refractivity contribution < 1.29 is 4.79 Å². The molecule has 0 bridgehead atoms. The normalized spacial score (nSPS) is 9.59. The van der Waals surface area contributed by atoms with Crippen LogP contribution in [0.4, 0.5) is 5.95 Å². The Morgan fingerprint density at radius 3 is 3.12 bits per heavy atom. The van der Waals surface area contributed by atoms with Gasteiger partial charge in [0, 0.05) is 5.56 Å². The number of benzene rings is 1. The monoisotopic (exact) mass is 227 g/mol. The Labute approximate surface area is 97.3 Å². The van der Waals surface area contributed by atoms with Gasteiger partial charge in [-0.2, -0.15) is 15.3 Å². The number of anilines is 1. The van der Waals surface area contributed by atoms with E-state index in [4.69, 9.17) is 5.26 Å². The van der Waals surface area contributed by atoms with Gasteiger partial charge in [-0.3, -0.25) is 10.1 Å². The van der Waals surface area contributed by atoms with Crippen LogP contribution < -0.4 is 5.32 Å². The van der Waals surface area contributed by atoms with Crippen LogP contribution in [-0.2, 0) is 6.42 Å². The lowest BCUT2D eigenvalue weighted by atomic mass is 10.1. The first-order valence-electron chi connectivity index (χ1n) is 4.92. The van der Waals surface area contributed by atoms with E-state index in [1.54, 1.807) is 24.3 Å². The van der Waals surface area contributed by atoms with Crippen LogP contribution in [0, 0.1) is 11.3 Å². The molecule has 0 saturated carbocycles. The summed E-state index contributed by atoms with van der Waals surface area (Å²) in [7, 11) is 0. The zero-order chi connectivity index (χ0) is 12.1. The van der Waals surface area contributed by atoms with Crippen LogP contribution in [0.2, 0.25) is 0 Å². The third-order valence-electron chi connectivity index (χ3n) is 2.12. The Hall–Kier alpha value is -2.68. The number of amides is 1. The number of rotatable bonds is 3. The minimum absolute atomic E-state index is 0.281. The molecule has 0 aliphatic heterocycles. The fourth-order valence-corrected chi connectivity index (χ4v) is 1.36. The molecule has 6 nitrogen and oxygen atoms in total. The van der Waals surface area contributed by atoms with Crippen LogP contribution >= 0.6 is 0 Å². The van der Waals surface area contributed by atoms with E-state index in [1.807, 2.05) is 6.07 Å². The van der Waals surface area contributed by atoms with Gasteiger partial charge in [0.05, 0.1) is 12.5 Å². The molecular weight excluding hydrogens is 218 g/mol. The molecule has 6 heteroatoms. The molecule has 0 radical (unpaired) electrons. The highest BCUT2D eigenvalue weighted by molar-refractivity contribution is 6.03. The minimum Gasteiger partial charge on any atom is -0.291 e. The van der Waals surface area contributed by atoms with Crippen LogP contribution in [-0.4, -0.2) is 21.1 Å². The molecule has 1 aromatic heterocycles. The number of nitriles is 1. The lowest BCUT2D eigenvalue weighted by Gasteiger charge is -2.02. The number of hydrogen-bond donors (Lipinski definition) is 2. The molecule has 17 heavy (non-hydrogen) atoms. The molecule has 2 aromatic rings. The number of carbonyl (C=O) groups excluding carboxylic acids is 1. The number of nitrogens with one attached hydrogen (secondary N) is 2. The SMILES string of the molecule is N#CCc1cccc(C(=O)Nc2ncn[nH]2)c1. The average Bonchev–Trinajstić information content (AvgIpc) is 2.83. The van der Waals surface area contributed by atoms with Crippen molar-refractivity contribution >= 4 is 11.9 Å². The van der Waals surface area contributed by atoms with Gasteiger partial charge in [-0.15, -0.1) is 0 Å². The van der Waals surface area contributed by atoms with Gasteiger partial charge in [0.1, 0.15) is 6.33 Å². The molecule has 0 saturated heterocycles. The Morgan fingerprint density at radius 1 is 1.53 bits per heavy atom. The molecule has 1 heterocycles. The highest BCUT2D eigenvalue weighted by Gasteiger charge is 2.07. The number of aromatic nitrogens is 3. The van der Waals surface area contributed by atoms with E-state index in [9.17, 15) is 4.79 Å². The molecule has 2 N–H and O–H groups in total. The molecule has 0 aliphatic rings. The molecule has 2 rings (SSSR count). The molecule has 0 fully saturated rings. The van der Waals surface area contributed by atoms with Crippen molar-refractivity contribution in [2.24, 2.45) is 0 Å². The zero-order valence-corrected chi connectivity index (χ0v) is 8.84. The van der Waals surface area contributed by atoms with E-state index in [0.29, 0.717) is 11.5 Å². The first kappa shape index (κ1) is 10.8. The smallest absolute Gasteiger partial charge is 0.258 e. The van der Waals surface area contributed by atoms with Gasteiger partial charge in [0.25, 0.3) is 5.91 Å². The van der Waals surface area contributed by atoms with Crippen molar-refractivity contribution in [2.45, 2.75) is 6.42 Å².